The normalized spacial score (nSPS) is 21.9. The Hall–Kier alpha value is -0.120. The van der Waals surface area contributed by atoms with Gasteiger partial charge in [0.15, 0.2) is 0 Å². The average molecular weight is 268 g/mol. The standard InChI is InChI=1S/C16H32N2O/c1-16(2,3)17-9-15(12-19-4)18(10-13-5-6-13)11-14-7-8-14/h13-15,17H,5-12H2,1-4H3. The monoisotopic (exact) mass is 268 g/mol. The average Bonchev–Trinajstić information content (AvgIpc) is 3.16. The molecular formula is C16H32N2O. The first-order valence-corrected chi connectivity index (χ1v) is 7.96. The van der Waals surface area contributed by atoms with Crippen molar-refractivity contribution in [3.63, 3.8) is 0 Å². The van der Waals surface area contributed by atoms with Crippen molar-refractivity contribution in [3.05, 3.63) is 0 Å². The van der Waals surface area contributed by atoms with Crippen LogP contribution in [0.15, 0.2) is 0 Å². The molecule has 0 saturated heterocycles. The van der Waals surface area contributed by atoms with E-state index in [1.54, 1.807) is 0 Å². The second kappa shape index (κ2) is 6.55. The van der Waals surface area contributed by atoms with Crippen molar-refractivity contribution in [2.24, 2.45) is 11.8 Å². The van der Waals surface area contributed by atoms with E-state index in [2.05, 4.69) is 31.0 Å². The molecule has 0 aromatic rings. The Morgan fingerprint density at radius 3 is 2.00 bits per heavy atom. The molecule has 2 rings (SSSR count). The maximum atomic E-state index is 5.47. The fourth-order valence-corrected chi connectivity index (χ4v) is 2.55. The molecule has 1 unspecified atom stereocenters. The summed E-state index contributed by atoms with van der Waals surface area (Å²) in [5.41, 5.74) is 0.191. The number of nitrogens with zero attached hydrogens (tertiary/aromatic N) is 1. The van der Waals surface area contributed by atoms with E-state index in [1.807, 2.05) is 7.11 Å². The largest absolute Gasteiger partial charge is 0.383 e. The van der Waals surface area contributed by atoms with Gasteiger partial charge < -0.3 is 10.1 Å². The van der Waals surface area contributed by atoms with Crippen molar-refractivity contribution in [1.82, 2.24) is 10.2 Å². The highest BCUT2D eigenvalue weighted by Gasteiger charge is 2.32. The van der Waals surface area contributed by atoms with Crippen LogP contribution in [0.1, 0.15) is 46.5 Å². The van der Waals surface area contributed by atoms with Crippen molar-refractivity contribution < 1.29 is 4.74 Å². The van der Waals surface area contributed by atoms with E-state index in [-0.39, 0.29) is 5.54 Å². The Morgan fingerprint density at radius 2 is 1.63 bits per heavy atom. The fraction of sp³-hybridized carbons (Fsp3) is 1.00. The van der Waals surface area contributed by atoms with Crippen LogP contribution in [0.3, 0.4) is 0 Å². The zero-order valence-electron chi connectivity index (χ0n) is 13.2. The maximum Gasteiger partial charge on any atom is 0.0630 e. The highest BCUT2D eigenvalue weighted by atomic mass is 16.5. The Bertz CT molecular complexity index is 252. The van der Waals surface area contributed by atoms with E-state index in [0.29, 0.717) is 6.04 Å². The minimum Gasteiger partial charge on any atom is -0.383 e. The van der Waals surface area contributed by atoms with E-state index >= 15 is 0 Å². The molecule has 0 spiro atoms. The topological polar surface area (TPSA) is 24.5 Å². The van der Waals surface area contributed by atoms with Gasteiger partial charge in [-0.2, -0.15) is 0 Å². The zero-order valence-corrected chi connectivity index (χ0v) is 13.2. The first kappa shape index (κ1) is 15.3. The van der Waals surface area contributed by atoms with Crippen LogP contribution in [0.25, 0.3) is 0 Å². The summed E-state index contributed by atoms with van der Waals surface area (Å²) in [4.78, 5) is 2.71. The number of hydrogen-bond acceptors (Lipinski definition) is 3. The van der Waals surface area contributed by atoms with Crippen LogP contribution in [0.2, 0.25) is 0 Å². The molecule has 1 N–H and O–H groups in total. The maximum absolute atomic E-state index is 5.47. The van der Waals surface area contributed by atoms with Gasteiger partial charge in [-0.3, -0.25) is 4.90 Å². The summed E-state index contributed by atoms with van der Waals surface area (Å²) in [6, 6.07) is 0.533. The van der Waals surface area contributed by atoms with E-state index in [0.717, 1.165) is 25.0 Å². The van der Waals surface area contributed by atoms with Gasteiger partial charge in [-0.25, -0.2) is 0 Å². The quantitative estimate of drug-likeness (QED) is 0.695. The zero-order chi connectivity index (χ0) is 13.9. The lowest BCUT2D eigenvalue weighted by molar-refractivity contribution is 0.0789. The van der Waals surface area contributed by atoms with Crippen molar-refractivity contribution in [2.45, 2.75) is 58.0 Å². The third kappa shape index (κ3) is 6.24. The van der Waals surface area contributed by atoms with Crippen LogP contribution in [-0.4, -0.2) is 49.8 Å². The second-order valence-electron chi connectivity index (χ2n) is 7.58. The third-order valence-corrected chi connectivity index (χ3v) is 4.12. The van der Waals surface area contributed by atoms with Crippen LogP contribution in [0.5, 0.6) is 0 Å². The van der Waals surface area contributed by atoms with Crippen LogP contribution < -0.4 is 5.32 Å². The summed E-state index contributed by atoms with van der Waals surface area (Å²) >= 11 is 0. The van der Waals surface area contributed by atoms with E-state index in [9.17, 15) is 0 Å². The Morgan fingerprint density at radius 1 is 1.11 bits per heavy atom. The molecule has 0 aromatic carbocycles. The lowest BCUT2D eigenvalue weighted by Crippen LogP contribution is -2.50. The highest BCUT2D eigenvalue weighted by Crippen LogP contribution is 2.34. The lowest BCUT2D eigenvalue weighted by atomic mass is 10.1. The van der Waals surface area contributed by atoms with Gasteiger partial charge in [0, 0.05) is 38.3 Å². The number of hydrogen-bond donors (Lipinski definition) is 1. The Balaban J connectivity index is 1.86. The lowest BCUT2D eigenvalue weighted by Gasteiger charge is -2.34. The molecule has 3 heteroatoms. The molecule has 2 aliphatic carbocycles. The number of rotatable bonds is 9. The minimum atomic E-state index is 0.191. The number of methoxy groups -OCH3 is 1. The second-order valence-corrected chi connectivity index (χ2v) is 7.58. The molecule has 3 nitrogen and oxygen atoms in total. The molecule has 2 fully saturated rings. The van der Waals surface area contributed by atoms with Gasteiger partial charge in [0.1, 0.15) is 0 Å². The molecule has 19 heavy (non-hydrogen) atoms. The summed E-state index contributed by atoms with van der Waals surface area (Å²) in [5, 5.41) is 3.65. The van der Waals surface area contributed by atoms with Crippen molar-refractivity contribution >= 4 is 0 Å². The smallest absolute Gasteiger partial charge is 0.0630 e. The highest BCUT2D eigenvalue weighted by molar-refractivity contribution is 4.87. The van der Waals surface area contributed by atoms with Gasteiger partial charge in [0.2, 0.25) is 0 Å². The minimum absolute atomic E-state index is 0.191. The van der Waals surface area contributed by atoms with Crippen molar-refractivity contribution in [2.75, 3.05) is 33.4 Å². The molecular weight excluding hydrogens is 236 g/mol. The third-order valence-electron chi connectivity index (χ3n) is 4.12. The molecule has 112 valence electrons. The van der Waals surface area contributed by atoms with Crippen LogP contribution in [0.4, 0.5) is 0 Å². The number of nitrogens with one attached hydrogen (secondary N) is 1. The summed E-state index contributed by atoms with van der Waals surface area (Å²) < 4.78 is 5.47. The van der Waals surface area contributed by atoms with Gasteiger partial charge in [-0.1, -0.05) is 0 Å². The van der Waals surface area contributed by atoms with Gasteiger partial charge in [-0.05, 0) is 58.3 Å². The van der Waals surface area contributed by atoms with Crippen molar-refractivity contribution in [3.8, 4) is 0 Å². The Kier molecular flexibility index (Phi) is 5.27. The van der Waals surface area contributed by atoms with Crippen molar-refractivity contribution in [1.29, 1.82) is 0 Å². The molecule has 0 bridgehead atoms. The molecule has 2 aliphatic rings. The molecule has 1 atom stereocenters. The molecule has 0 radical (unpaired) electrons. The van der Waals surface area contributed by atoms with Gasteiger partial charge >= 0.3 is 0 Å². The van der Waals surface area contributed by atoms with Crippen LogP contribution >= 0.6 is 0 Å². The number of ether oxygens (including phenoxy) is 1. The van der Waals surface area contributed by atoms with E-state index in [4.69, 9.17) is 4.74 Å². The molecule has 0 amide bonds. The van der Waals surface area contributed by atoms with E-state index in [1.165, 1.54) is 38.8 Å². The summed E-state index contributed by atoms with van der Waals surface area (Å²) in [7, 11) is 1.83. The van der Waals surface area contributed by atoms with E-state index < -0.39 is 0 Å². The Labute approximate surface area is 119 Å². The first-order valence-electron chi connectivity index (χ1n) is 7.96. The van der Waals surface area contributed by atoms with Crippen LogP contribution in [-0.2, 0) is 4.74 Å². The predicted molar refractivity (Wildman–Crippen MR) is 80.4 cm³/mol. The van der Waals surface area contributed by atoms with Gasteiger partial charge in [0.05, 0.1) is 6.61 Å². The molecule has 2 saturated carbocycles. The van der Waals surface area contributed by atoms with Gasteiger partial charge in [0.25, 0.3) is 0 Å². The molecule has 0 aromatic heterocycles. The summed E-state index contributed by atoms with van der Waals surface area (Å²) in [6.07, 6.45) is 5.75. The van der Waals surface area contributed by atoms with Crippen LogP contribution in [0, 0.1) is 11.8 Å². The SMILES string of the molecule is COCC(CNC(C)(C)C)N(CC1CC1)CC1CC1. The molecule has 0 aliphatic heterocycles. The predicted octanol–water partition coefficient (Wildman–Crippen LogP) is 2.51. The van der Waals surface area contributed by atoms with Gasteiger partial charge in [-0.15, -0.1) is 0 Å². The summed E-state index contributed by atoms with van der Waals surface area (Å²) in [5.74, 6) is 1.93. The first-order chi connectivity index (χ1) is 8.98. The fourth-order valence-electron chi connectivity index (χ4n) is 2.55. The summed E-state index contributed by atoms with van der Waals surface area (Å²) in [6.45, 7) is 11.2. The molecule has 0 heterocycles.